The van der Waals surface area contributed by atoms with Crippen molar-refractivity contribution in [3.8, 4) is 5.75 Å². The minimum atomic E-state index is -0.525. The highest BCUT2D eigenvalue weighted by Crippen LogP contribution is 2.32. The molecule has 1 heterocycles. The molecule has 0 aliphatic carbocycles. The highest BCUT2D eigenvalue weighted by Gasteiger charge is 2.28. The summed E-state index contributed by atoms with van der Waals surface area (Å²) in [6.07, 6.45) is 0. The molecular formula is C14H17NO6. The number of hydrogen-bond donors (Lipinski definition) is 1. The summed E-state index contributed by atoms with van der Waals surface area (Å²) in [6, 6.07) is 4.98. The number of carbonyl (C=O) groups excluding carboxylic acids is 2. The number of aliphatic hydroxyl groups excluding tert-OH is 1. The van der Waals surface area contributed by atoms with E-state index in [0.29, 0.717) is 23.6 Å². The summed E-state index contributed by atoms with van der Waals surface area (Å²) in [6.45, 7) is -0.0519. The molecule has 21 heavy (non-hydrogen) atoms. The fourth-order valence-electron chi connectivity index (χ4n) is 1.93. The predicted octanol–water partition coefficient (Wildman–Crippen LogP) is 0.0939. The van der Waals surface area contributed by atoms with E-state index in [1.54, 1.807) is 18.2 Å². The number of rotatable bonds is 6. The Morgan fingerprint density at radius 2 is 2.24 bits per heavy atom. The maximum absolute atomic E-state index is 11.9. The third-order valence-electron chi connectivity index (χ3n) is 2.99. The zero-order valence-corrected chi connectivity index (χ0v) is 11.7. The van der Waals surface area contributed by atoms with E-state index in [2.05, 4.69) is 0 Å². The minimum absolute atomic E-state index is 0.128. The molecule has 1 aliphatic heterocycles. The number of aliphatic hydroxyl groups is 1. The van der Waals surface area contributed by atoms with Crippen LogP contribution in [0.25, 0.3) is 0 Å². The number of ether oxygens (including phenoxy) is 3. The van der Waals surface area contributed by atoms with Gasteiger partial charge in [-0.2, -0.15) is 0 Å². The van der Waals surface area contributed by atoms with Gasteiger partial charge in [0.1, 0.15) is 18.9 Å². The number of amides is 1. The molecule has 1 aromatic carbocycles. The molecule has 0 aromatic heterocycles. The Kier molecular flexibility index (Phi) is 5.13. The largest absolute Gasteiger partial charge is 0.482 e. The molecular weight excluding hydrogens is 278 g/mol. The molecule has 0 fully saturated rings. The number of methoxy groups -OCH3 is 1. The van der Waals surface area contributed by atoms with Crippen LogP contribution in [0.1, 0.15) is 5.56 Å². The fourth-order valence-corrected chi connectivity index (χ4v) is 1.93. The molecule has 1 aromatic rings. The van der Waals surface area contributed by atoms with Crippen molar-refractivity contribution in [2.45, 2.75) is 6.61 Å². The number of esters is 1. The smallest absolute Gasteiger partial charge is 0.326 e. The second-order valence-electron chi connectivity index (χ2n) is 4.44. The molecule has 1 N–H and O–H groups in total. The van der Waals surface area contributed by atoms with Gasteiger partial charge < -0.3 is 19.3 Å². The zero-order chi connectivity index (χ0) is 15.2. The molecule has 0 saturated carbocycles. The summed E-state index contributed by atoms with van der Waals surface area (Å²) in [5.41, 5.74) is 1.09. The summed E-state index contributed by atoms with van der Waals surface area (Å²) in [4.78, 5) is 25.0. The Bertz CT molecular complexity index is 530. The molecule has 1 amide bonds. The molecule has 0 saturated heterocycles. The van der Waals surface area contributed by atoms with E-state index in [4.69, 9.17) is 19.3 Å². The first-order chi connectivity index (χ1) is 10.2. The lowest BCUT2D eigenvalue weighted by Gasteiger charge is -2.29. The van der Waals surface area contributed by atoms with E-state index in [-0.39, 0.29) is 32.3 Å². The summed E-state index contributed by atoms with van der Waals surface area (Å²) in [5.74, 6) is -0.361. The van der Waals surface area contributed by atoms with Crippen LogP contribution in [0.4, 0.5) is 5.69 Å². The van der Waals surface area contributed by atoms with Gasteiger partial charge in [0.15, 0.2) is 6.61 Å². The lowest BCUT2D eigenvalue weighted by molar-refractivity contribution is -0.144. The van der Waals surface area contributed by atoms with Crippen LogP contribution in [0, 0.1) is 0 Å². The van der Waals surface area contributed by atoms with Gasteiger partial charge in [-0.3, -0.25) is 14.5 Å². The first-order valence-corrected chi connectivity index (χ1v) is 6.47. The molecule has 0 bridgehead atoms. The normalized spacial score (nSPS) is 13.6. The minimum Gasteiger partial charge on any atom is -0.482 e. The number of nitrogens with zero attached hydrogens (tertiary/aromatic N) is 1. The van der Waals surface area contributed by atoms with Crippen molar-refractivity contribution in [1.29, 1.82) is 0 Å². The first-order valence-electron chi connectivity index (χ1n) is 6.47. The van der Waals surface area contributed by atoms with E-state index < -0.39 is 5.97 Å². The molecule has 2 rings (SSSR count). The van der Waals surface area contributed by atoms with Crippen LogP contribution in [0.3, 0.4) is 0 Å². The monoisotopic (exact) mass is 295 g/mol. The van der Waals surface area contributed by atoms with Crippen molar-refractivity contribution in [2.24, 2.45) is 0 Å². The van der Waals surface area contributed by atoms with Crippen molar-refractivity contribution in [2.75, 3.05) is 38.4 Å². The Morgan fingerprint density at radius 3 is 2.95 bits per heavy atom. The predicted molar refractivity (Wildman–Crippen MR) is 73.0 cm³/mol. The maximum atomic E-state index is 11.9. The summed E-state index contributed by atoms with van der Waals surface area (Å²) < 4.78 is 15.0. The Balaban J connectivity index is 2.12. The third-order valence-corrected chi connectivity index (χ3v) is 2.99. The van der Waals surface area contributed by atoms with Gasteiger partial charge in [-0.05, 0) is 17.7 Å². The summed E-state index contributed by atoms with van der Waals surface area (Å²) >= 11 is 0. The molecule has 1 aliphatic rings. The summed E-state index contributed by atoms with van der Waals surface area (Å²) in [7, 11) is 1.51. The van der Waals surface area contributed by atoms with Crippen LogP contribution in [0.5, 0.6) is 5.75 Å². The molecule has 0 atom stereocenters. The van der Waals surface area contributed by atoms with E-state index >= 15 is 0 Å². The zero-order valence-electron chi connectivity index (χ0n) is 11.7. The van der Waals surface area contributed by atoms with Gasteiger partial charge in [-0.15, -0.1) is 0 Å². The summed E-state index contributed by atoms with van der Waals surface area (Å²) in [5, 5.41) is 9.17. The van der Waals surface area contributed by atoms with Gasteiger partial charge in [0.05, 0.1) is 18.9 Å². The molecule has 0 unspecified atom stereocenters. The van der Waals surface area contributed by atoms with E-state index in [0.717, 1.165) is 0 Å². The molecule has 7 heteroatoms. The van der Waals surface area contributed by atoms with E-state index in [1.165, 1.54) is 12.0 Å². The Morgan fingerprint density at radius 1 is 1.43 bits per heavy atom. The molecule has 114 valence electrons. The van der Waals surface area contributed by atoms with Crippen molar-refractivity contribution >= 4 is 17.6 Å². The van der Waals surface area contributed by atoms with Gasteiger partial charge in [-0.1, -0.05) is 6.07 Å². The standard InChI is InChI=1S/C14H17NO6/c1-19-4-5-20-14(18)7-15-11-6-10(8-16)2-3-12(11)21-9-13(15)17/h2-3,6,16H,4-5,7-9H2,1H3. The number of benzene rings is 1. The lowest BCUT2D eigenvalue weighted by atomic mass is 10.1. The van der Waals surface area contributed by atoms with Crippen molar-refractivity contribution in [3.05, 3.63) is 23.8 Å². The fraction of sp³-hybridized carbons (Fsp3) is 0.429. The van der Waals surface area contributed by atoms with Crippen molar-refractivity contribution in [3.63, 3.8) is 0 Å². The van der Waals surface area contributed by atoms with Crippen LogP contribution in [-0.2, 0) is 25.7 Å². The van der Waals surface area contributed by atoms with E-state index in [9.17, 15) is 9.59 Å². The topological polar surface area (TPSA) is 85.3 Å². The second kappa shape index (κ2) is 7.05. The highest BCUT2D eigenvalue weighted by molar-refractivity contribution is 6.01. The van der Waals surface area contributed by atoms with Crippen molar-refractivity contribution in [1.82, 2.24) is 0 Å². The van der Waals surface area contributed by atoms with Crippen LogP contribution in [0.15, 0.2) is 18.2 Å². The number of anilines is 1. The SMILES string of the molecule is COCCOC(=O)CN1C(=O)COc2ccc(CO)cc21. The van der Waals surface area contributed by atoms with Crippen LogP contribution in [-0.4, -0.2) is 50.5 Å². The van der Waals surface area contributed by atoms with Crippen LogP contribution in [0.2, 0.25) is 0 Å². The van der Waals surface area contributed by atoms with Gasteiger partial charge >= 0.3 is 5.97 Å². The Labute approximate surface area is 122 Å². The van der Waals surface area contributed by atoms with Gasteiger partial charge in [0, 0.05) is 7.11 Å². The van der Waals surface area contributed by atoms with Crippen LogP contribution < -0.4 is 9.64 Å². The molecule has 0 spiro atoms. The number of fused-ring (bicyclic) bond motifs is 1. The average Bonchev–Trinajstić information content (AvgIpc) is 2.50. The lowest BCUT2D eigenvalue weighted by Crippen LogP contribution is -2.42. The van der Waals surface area contributed by atoms with Gasteiger partial charge in [0.25, 0.3) is 5.91 Å². The Hall–Kier alpha value is -2.12. The van der Waals surface area contributed by atoms with Gasteiger partial charge in [-0.25, -0.2) is 0 Å². The van der Waals surface area contributed by atoms with Crippen LogP contribution >= 0.6 is 0 Å². The highest BCUT2D eigenvalue weighted by atomic mass is 16.6. The average molecular weight is 295 g/mol. The number of hydrogen-bond acceptors (Lipinski definition) is 6. The third kappa shape index (κ3) is 3.71. The maximum Gasteiger partial charge on any atom is 0.326 e. The second-order valence-corrected chi connectivity index (χ2v) is 4.44. The quantitative estimate of drug-likeness (QED) is 0.591. The van der Waals surface area contributed by atoms with Gasteiger partial charge in [0.2, 0.25) is 0 Å². The van der Waals surface area contributed by atoms with Crippen molar-refractivity contribution < 1.29 is 28.9 Å². The molecule has 0 radical (unpaired) electrons. The first kappa shape index (κ1) is 15.3. The number of carbonyl (C=O) groups is 2. The van der Waals surface area contributed by atoms with E-state index in [1.807, 2.05) is 0 Å². The molecule has 7 nitrogen and oxygen atoms in total.